The van der Waals surface area contributed by atoms with Gasteiger partial charge < -0.3 is 10.4 Å². The smallest absolute Gasteiger partial charge is 0.306 e. The predicted molar refractivity (Wildman–Crippen MR) is 103 cm³/mol. The number of carboxylic acids is 1. The minimum atomic E-state index is -0.754. The first-order valence-corrected chi connectivity index (χ1v) is 9.19. The normalized spacial score (nSPS) is 19.7. The maximum atomic E-state index is 12.5. The van der Waals surface area contributed by atoms with Gasteiger partial charge in [0.05, 0.1) is 23.3 Å². The van der Waals surface area contributed by atoms with E-state index in [0.717, 1.165) is 22.3 Å². The summed E-state index contributed by atoms with van der Waals surface area (Å²) in [5, 5.41) is 17.5. The molecule has 3 aromatic rings. The number of nitrogens with one attached hydrogen (secondary N) is 1. The van der Waals surface area contributed by atoms with E-state index in [9.17, 15) is 9.59 Å². The third-order valence-corrected chi connectivity index (χ3v) is 5.30. The van der Waals surface area contributed by atoms with E-state index < -0.39 is 5.97 Å². The standard InChI is InChI=1S/C21H21N3O3/c25-20(14-5-7-15(8-6-14)21(26)27)23-17-9-11-18(12-10-17)24-19-4-2-1-3-16(19)13-22-24/h1-4,9-15H,5-8H2,(H,23,25)(H,26,27). The molecule has 6 heteroatoms. The van der Waals surface area contributed by atoms with Crippen molar-refractivity contribution in [3.8, 4) is 5.69 Å². The maximum absolute atomic E-state index is 12.5. The average Bonchev–Trinajstić information content (AvgIpc) is 3.13. The van der Waals surface area contributed by atoms with Gasteiger partial charge in [-0.1, -0.05) is 18.2 Å². The van der Waals surface area contributed by atoms with Crippen LogP contribution < -0.4 is 5.32 Å². The van der Waals surface area contributed by atoms with Gasteiger partial charge in [-0.15, -0.1) is 0 Å². The number of carbonyl (C=O) groups is 2. The minimum Gasteiger partial charge on any atom is -0.481 e. The summed E-state index contributed by atoms with van der Waals surface area (Å²) in [4.78, 5) is 23.5. The summed E-state index contributed by atoms with van der Waals surface area (Å²) in [5.41, 5.74) is 2.70. The van der Waals surface area contributed by atoms with E-state index in [1.165, 1.54) is 0 Å². The van der Waals surface area contributed by atoms with E-state index in [-0.39, 0.29) is 17.7 Å². The van der Waals surface area contributed by atoms with Crippen LogP contribution in [0.5, 0.6) is 0 Å². The molecule has 0 saturated heterocycles. The summed E-state index contributed by atoms with van der Waals surface area (Å²) in [6, 6.07) is 15.6. The second-order valence-electron chi connectivity index (χ2n) is 7.04. The van der Waals surface area contributed by atoms with Crippen LogP contribution in [0.4, 0.5) is 5.69 Å². The van der Waals surface area contributed by atoms with Crippen molar-refractivity contribution < 1.29 is 14.7 Å². The molecule has 4 rings (SSSR count). The number of benzene rings is 2. The molecule has 1 aliphatic rings. The number of carboxylic acid groups (broad SMARTS) is 1. The number of carbonyl (C=O) groups excluding carboxylic acids is 1. The molecule has 1 heterocycles. The quantitative estimate of drug-likeness (QED) is 0.737. The topological polar surface area (TPSA) is 84.2 Å². The van der Waals surface area contributed by atoms with Crippen LogP contribution in [0.1, 0.15) is 25.7 Å². The van der Waals surface area contributed by atoms with Crippen molar-refractivity contribution >= 4 is 28.5 Å². The molecule has 138 valence electrons. The largest absolute Gasteiger partial charge is 0.481 e. The fourth-order valence-electron chi connectivity index (χ4n) is 3.71. The molecule has 1 aliphatic carbocycles. The van der Waals surface area contributed by atoms with Crippen molar-refractivity contribution in [2.75, 3.05) is 5.32 Å². The lowest BCUT2D eigenvalue weighted by Crippen LogP contribution is -2.29. The number of anilines is 1. The Morgan fingerprint density at radius 3 is 2.33 bits per heavy atom. The first-order valence-electron chi connectivity index (χ1n) is 9.19. The van der Waals surface area contributed by atoms with Crippen molar-refractivity contribution in [3.05, 3.63) is 54.7 Å². The molecular formula is C21H21N3O3. The van der Waals surface area contributed by atoms with Crippen molar-refractivity contribution in [1.29, 1.82) is 0 Å². The number of para-hydroxylation sites is 1. The highest BCUT2D eigenvalue weighted by Gasteiger charge is 2.29. The monoisotopic (exact) mass is 363 g/mol. The van der Waals surface area contributed by atoms with Crippen LogP contribution >= 0.6 is 0 Å². The lowest BCUT2D eigenvalue weighted by atomic mass is 9.81. The fraction of sp³-hybridized carbons (Fsp3) is 0.286. The summed E-state index contributed by atoms with van der Waals surface area (Å²) >= 11 is 0. The van der Waals surface area contributed by atoms with Crippen molar-refractivity contribution in [1.82, 2.24) is 9.78 Å². The average molecular weight is 363 g/mol. The third-order valence-electron chi connectivity index (χ3n) is 5.30. The molecular weight excluding hydrogens is 342 g/mol. The number of hydrogen-bond donors (Lipinski definition) is 2. The molecule has 6 nitrogen and oxygen atoms in total. The number of amides is 1. The van der Waals surface area contributed by atoms with Crippen LogP contribution in [0.3, 0.4) is 0 Å². The minimum absolute atomic E-state index is 0.0314. The summed E-state index contributed by atoms with van der Waals surface area (Å²) < 4.78 is 1.87. The van der Waals surface area contributed by atoms with Gasteiger partial charge in [-0.3, -0.25) is 9.59 Å². The first kappa shape index (κ1) is 17.3. The molecule has 0 atom stereocenters. The Balaban J connectivity index is 1.42. The van der Waals surface area contributed by atoms with E-state index >= 15 is 0 Å². The molecule has 0 aliphatic heterocycles. The first-order chi connectivity index (χ1) is 13.1. The SMILES string of the molecule is O=C(O)C1CCC(C(=O)Nc2ccc(-n3ncc4ccccc43)cc2)CC1. The molecule has 2 aromatic carbocycles. The van der Waals surface area contributed by atoms with E-state index in [1.54, 1.807) is 0 Å². The van der Waals surface area contributed by atoms with Gasteiger partial charge in [0.15, 0.2) is 0 Å². The van der Waals surface area contributed by atoms with Gasteiger partial charge in [0.25, 0.3) is 0 Å². The zero-order valence-corrected chi connectivity index (χ0v) is 14.8. The second-order valence-corrected chi connectivity index (χ2v) is 7.04. The van der Waals surface area contributed by atoms with Gasteiger partial charge in [-0.2, -0.15) is 5.10 Å². The molecule has 1 amide bonds. The van der Waals surface area contributed by atoms with E-state index in [0.29, 0.717) is 25.7 Å². The molecule has 0 spiro atoms. The summed E-state index contributed by atoms with van der Waals surface area (Å²) in [6.07, 6.45) is 4.22. The lowest BCUT2D eigenvalue weighted by molar-refractivity contribution is -0.143. The third kappa shape index (κ3) is 3.56. The van der Waals surface area contributed by atoms with E-state index in [2.05, 4.69) is 10.4 Å². The zero-order chi connectivity index (χ0) is 18.8. The van der Waals surface area contributed by atoms with Crippen LogP contribution in [0.15, 0.2) is 54.7 Å². The molecule has 1 fully saturated rings. The van der Waals surface area contributed by atoms with Crippen molar-refractivity contribution in [2.24, 2.45) is 11.8 Å². The van der Waals surface area contributed by atoms with Crippen LogP contribution in [-0.2, 0) is 9.59 Å². The van der Waals surface area contributed by atoms with E-state index in [1.807, 2.05) is 59.4 Å². The summed E-state index contributed by atoms with van der Waals surface area (Å²) in [6.45, 7) is 0. The Morgan fingerprint density at radius 1 is 0.963 bits per heavy atom. The number of aromatic nitrogens is 2. The number of hydrogen-bond acceptors (Lipinski definition) is 3. The molecule has 0 unspecified atom stereocenters. The van der Waals surface area contributed by atoms with Gasteiger partial charge >= 0.3 is 5.97 Å². The Morgan fingerprint density at radius 2 is 1.63 bits per heavy atom. The second kappa shape index (κ2) is 7.23. The highest BCUT2D eigenvalue weighted by Crippen LogP contribution is 2.30. The lowest BCUT2D eigenvalue weighted by Gasteiger charge is -2.25. The highest BCUT2D eigenvalue weighted by atomic mass is 16.4. The van der Waals surface area contributed by atoms with Gasteiger partial charge in [0.2, 0.25) is 5.91 Å². The fourth-order valence-corrected chi connectivity index (χ4v) is 3.71. The Kier molecular flexibility index (Phi) is 4.62. The van der Waals surface area contributed by atoms with Gasteiger partial charge in [0, 0.05) is 17.0 Å². The predicted octanol–water partition coefficient (Wildman–Crippen LogP) is 3.86. The van der Waals surface area contributed by atoms with Gasteiger partial charge in [-0.05, 0) is 56.0 Å². The maximum Gasteiger partial charge on any atom is 0.306 e. The molecule has 0 bridgehead atoms. The van der Waals surface area contributed by atoms with Crippen molar-refractivity contribution in [2.45, 2.75) is 25.7 Å². The number of nitrogens with zero attached hydrogens (tertiary/aromatic N) is 2. The Bertz CT molecular complexity index is 970. The zero-order valence-electron chi connectivity index (χ0n) is 14.8. The van der Waals surface area contributed by atoms with Crippen LogP contribution in [-0.4, -0.2) is 26.8 Å². The molecule has 27 heavy (non-hydrogen) atoms. The molecule has 1 aromatic heterocycles. The molecule has 2 N–H and O–H groups in total. The van der Waals surface area contributed by atoms with Crippen molar-refractivity contribution in [3.63, 3.8) is 0 Å². The number of fused-ring (bicyclic) bond motifs is 1. The highest BCUT2D eigenvalue weighted by molar-refractivity contribution is 5.92. The van der Waals surface area contributed by atoms with Crippen LogP contribution in [0.2, 0.25) is 0 Å². The van der Waals surface area contributed by atoms with Gasteiger partial charge in [0.1, 0.15) is 0 Å². The Labute approximate surface area is 156 Å². The summed E-state index contributed by atoms with van der Waals surface area (Å²) in [5.74, 6) is -1.21. The number of aliphatic carboxylic acids is 1. The summed E-state index contributed by atoms with van der Waals surface area (Å²) in [7, 11) is 0. The number of rotatable bonds is 4. The molecule has 0 radical (unpaired) electrons. The van der Waals surface area contributed by atoms with Crippen LogP contribution in [0, 0.1) is 11.8 Å². The van der Waals surface area contributed by atoms with E-state index in [4.69, 9.17) is 5.11 Å². The van der Waals surface area contributed by atoms with Crippen LogP contribution in [0.25, 0.3) is 16.6 Å². The van der Waals surface area contributed by atoms with Gasteiger partial charge in [-0.25, -0.2) is 4.68 Å². The molecule has 1 saturated carbocycles. The Hall–Kier alpha value is -3.15.